The van der Waals surface area contributed by atoms with Crippen molar-refractivity contribution >= 4 is 16.1 Å². The van der Waals surface area contributed by atoms with Crippen molar-refractivity contribution in [2.24, 2.45) is 0 Å². The van der Waals surface area contributed by atoms with Gasteiger partial charge >= 0.3 is 12.5 Å². The van der Waals surface area contributed by atoms with Crippen LogP contribution >= 0.6 is 0 Å². The zero-order chi connectivity index (χ0) is 21.2. The van der Waals surface area contributed by atoms with E-state index in [0.717, 1.165) is 24.3 Å². The molecule has 1 aliphatic heterocycles. The summed E-state index contributed by atoms with van der Waals surface area (Å²) in [5, 5.41) is 0. The first-order valence-electron chi connectivity index (χ1n) is 8.17. The number of sulfonamides is 1. The van der Waals surface area contributed by atoms with E-state index in [4.69, 9.17) is 9.47 Å². The lowest BCUT2D eigenvalue weighted by Crippen LogP contribution is -2.48. The highest BCUT2D eigenvalue weighted by Crippen LogP contribution is 2.27. The van der Waals surface area contributed by atoms with Crippen LogP contribution in [-0.2, 0) is 19.5 Å². The maximum absolute atomic E-state index is 13.0. The number of carbonyl (C=O) groups is 1. The van der Waals surface area contributed by atoms with Crippen molar-refractivity contribution in [3.05, 3.63) is 36.4 Å². The van der Waals surface area contributed by atoms with Crippen molar-refractivity contribution in [3.8, 4) is 5.75 Å². The number of hydrogen-bond donors (Lipinski definition) is 0. The molecule has 0 radical (unpaired) electrons. The van der Waals surface area contributed by atoms with Crippen LogP contribution in [-0.4, -0.2) is 50.0 Å². The molecular formula is C17H20F3NO6S. The summed E-state index contributed by atoms with van der Waals surface area (Å²) >= 11 is 0. The summed E-state index contributed by atoms with van der Waals surface area (Å²) in [4.78, 5) is 12.2. The number of hydrogen-bond acceptors (Lipinski definition) is 6. The quantitative estimate of drug-likeness (QED) is 0.690. The molecule has 0 saturated carbocycles. The zero-order valence-corrected chi connectivity index (χ0v) is 16.2. The van der Waals surface area contributed by atoms with E-state index in [1.807, 2.05) is 0 Å². The summed E-state index contributed by atoms with van der Waals surface area (Å²) < 4.78 is 77.5. The van der Waals surface area contributed by atoms with Gasteiger partial charge in [-0.15, -0.1) is 13.2 Å². The topological polar surface area (TPSA) is 82.1 Å². The number of carbonyl (C=O) groups excluding carboxylic acids is 1. The van der Waals surface area contributed by atoms with Crippen molar-refractivity contribution in [2.75, 3.05) is 13.2 Å². The minimum Gasteiger partial charge on any atom is -0.443 e. The van der Waals surface area contributed by atoms with E-state index >= 15 is 0 Å². The lowest BCUT2D eigenvalue weighted by atomic mass is 10.2. The molecule has 1 amide bonds. The predicted octanol–water partition coefficient (Wildman–Crippen LogP) is 3.47. The first-order valence-corrected chi connectivity index (χ1v) is 9.61. The molecule has 11 heteroatoms. The minimum atomic E-state index is -4.91. The van der Waals surface area contributed by atoms with Gasteiger partial charge in [-0.1, -0.05) is 12.2 Å². The Morgan fingerprint density at radius 2 is 1.79 bits per heavy atom. The molecule has 0 saturated heterocycles. The second-order valence-corrected chi connectivity index (χ2v) is 8.65. The van der Waals surface area contributed by atoms with Gasteiger partial charge in [0.15, 0.2) is 0 Å². The van der Waals surface area contributed by atoms with Gasteiger partial charge in [0.1, 0.15) is 11.4 Å². The molecule has 0 aliphatic carbocycles. The van der Waals surface area contributed by atoms with Crippen LogP contribution in [0, 0.1) is 0 Å². The first-order chi connectivity index (χ1) is 12.8. The molecular weight excluding hydrogens is 403 g/mol. The third-order valence-electron chi connectivity index (χ3n) is 3.35. The smallest absolute Gasteiger partial charge is 0.443 e. The number of rotatable bonds is 4. The number of ether oxygens (including phenoxy) is 3. The second kappa shape index (κ2) is 8.00. The fourth-order valence-electron chi connectivity index (χ4n) is 2.32. The molecule has 1 heterocycles. The van der Waals surface area contributed by atoms with Crippen molar-refractivity contribution in [3.63, 3.8) is 0 Å². The standard InChI is InChI=1S/C17H20F3NO6S/c1-16(2,3)27-15(22)21(12-5-4-10-25-11-12)28(23,24)14-8-6-13(7-9-14)26-17(18,19)20/h4-9,12H,10-11H2,1-3H3. The van der Waals surface area contributed by atoms with Gasteiger partial charge in [0.05, 0.1) is 24.2 Å². The van der Waals surface area contributed by atoms with Crippen LogP contribution in [0.25, 0.3) is 0 Å². The molecule has 2 rings (SSSR count). The maximum atomic E-state index is 13.0. The number of benzene rings is 1. The summed E-state index contributed by atoms with van der Waals surface area (Å²) in [7, 11) is -4.44. The number of halogens is 3. The van der Waals surface area contributed by atoms with Crippen molar-refractivity contribution < 1.29 is 40.6 Å². The Morgan fingerprint density at radius 3 is 2.25 bits per heavy atom. The molecule has 0 bridgehead atoms. The van der Waals surface area contributed by atoms with Gasteiger partial charge in [-0.25, -0.2) is 13.2 Å². The molecule has 0 fully saturated rings. The molecule has 156 valence electrons. The van der Waals surface area contributed by atoms with E-state index in [9.17, 15) is 26.4 Å². The van der Waals surface area contributed by atoms with Crippen LogP contribution < -0.4 is 4.74 Å². The molecule has 28 heavy (non-hydrogen) atoms. The van der Waals surface area contributed by atoms with E-state index in [1.54, 1.807) is 26.8 Å². The van der Waals surface area contributed by atoms with Gasteiger partial charge in [0, 0.05) is 0 Å². The Kier molecular flexibility index (Phi) is 6.29. The fraction of sp³-hybridized carbons (Fsp3) is 0.471. The monoisotopic (exact) mass is 423 g/mol. The first kappa shape index (κ1) is 22.0. The van der Waals surface area contributed by atoms with Gasteiger partial charge in [-0.2, -0.15) is 4.31 Å². The normalized spacial score (nSPS) is 17.9. The third-order valence-corrected chi connectivity index (χ3v) is 5.16. The van der Waals surface area contributed by atoms with Gasteiger partial charge < -0.3 is 14.2 Å². The SMILES string of the molecule is CC(C)(C)OC(=O)N(C1C=CCOC1)S(=O)(=O)c1ccc(OC(F)(F)F)cc1. The Labute approximate surface area is 160 Å². The van der Waals surface area contributed by atoms with Gasteiger partial charge in [-0.3, -0.25) is 0 Å². The van der Waals surface area contributed by atoms with E-state index in [1.165, 1.54) is 6.08 Å². The highest BCUT2D eigenvalue weighted by atomic mass is 32.2. The van der Waals surface area contributed by atoms with Crippen molar-refractivity contribution in [1.29, 1.82) is 0 Å². The van der Waals surface area contributed by atoms with Gasteiger partial charge in [0.2, 0.25) is 0 Å². The van der Waals surface area contributed by atoms with E-state index in [-0.39, 0.29) is 13.2 Å². The van der Waals surface area contributed by atoms with E-state index < -0.39 is 44.8 Å². The molecule has 1 atom stereocenters. The van der Waals surface area contributed by atoms with Crippen molar-refractivity contribution in [2.45, 2.75) is 43.7 Å². The Hall–Kier alpha value is -2.27. The van der Waals surface area contributed by atoms with Crippen LogP contribution in [0.5, 0.6) is 5.75 Å². The Bertz CT molecular complexity index is 828. The summed E-state index contributed by atoms with van der Waals surface area (Å²) in [6, 6.07) is 2.57. The zero-order valence-electron chi connectivity index (χ0n) is 15.4. The van der Waals surface area contributed by atoms with Crippen LogP contribution in [0.4, 0.5) is 18.0 Å². The van der Waals surface area contributed by atoms with Crippen LogP contribution in [0.15, 0.2) is 41.3 Å². The summed E-state index contributed by atoms with van der Waals surface area (Å²) in [6.45, 7) is 4.91. The van der Waals surface area contributed by atoms with Crippen LogP contribution in [0.2, 0.25) is 0 Å². The van der Waals surface area contributed by atoms with E-state index in [2.05, 4.69) is 4.74 Å². The number of nitrogens with zero attached hydrogens (tertiary/aromatic N) is 1. The maximum Gasteiger partial charge on any atom is 0.573 e. The summed E-state index contributed by atoms with van der Waals surface area (Å²) in [5.74, 6) is -0.587. The molecule has 0 aromatic heterocycles. The highest BCUT2D eigenvalue weighted by Gasteiger charge is 2.39. The predicted molar refractivity (Wildman–Crippen MR) is 92.1 cm³/mol. The fourth-order valence-corrected chi connectivity index (χ4v) is 3.74. The molecule has 0 N–H and O–H groups in total. The second-order valence-electron chi connectivity index (χ2n) is 6.83. The average Bonchev–Trinajstić information content (AvgIpc) is 2.53. The van der Waals surface area contributed by atoms with E-state index in [0.29, 0.717) is 4.31 Å². The molecule has 7 nitrogen and oxygen atoms in total. The summed E-state index contributed by atoms with van der Waals surface area (Å²) in [5.41, 5.74) is -0.964. The molecule has 0 spiro atoms. The highest BCUT2D eigenvalue weighted by molar-refractivity contribution is 7.89. The Morgan fingerprint density at radius 1 is 1.18 bits per heavy atom. The lowest BCUT2D eigenvalue weighted by Gasteiger charge is -2.32. The molecule has 1 unspecified atom stereocenters. The average molecular weight is 423 g/mol. The van der Waals surface area contributed by atoms with Gasteiger partial charge in [0.25, 0.3) is 10.0 Å². The Balaban J connectivity index is 2.38. The number of alkyl halides is 3. The minimum absolute atomic E-state index is 0.0791. The largest absolute Gasteiger partial charge is 0.573 e. The lowest BCUT2D eigenvalue weighted by molar-refractivity contribution is -0.274. The summed E-state index contributed by atoms with van der Waals surface area (Å²) in [6.07, 6.45) is -2.98. The van der Waals surface area contributed by atoms with Crippen LogP contribution in [0.3, 0.4) is 0 Å². The number of amides is 1. The van der Waals surface area contributed by atoms with Crippen molar-refractivity contribution in [1.82, 2.24) is 4.31 Å². The third kappa shape index (κ3) is 5.86. The molecule has 1 aliphatic rings. The van der Waals surface area contributed by atoms with Crippen LogP contribution in [0.1, 0.15) is 20.8 Å². The van der Waals surface area contributed by atoms with Gasteiger partial charge in [-0.05, 0) is 45.0 Å². The molecule has 1 aromatic carbocycles. The molecule has 1 aromatic rings.